The van der Waals surface area contributed by atoms with Gasteiger partial charge in [-0.25, -0.2) is 13.2 Å². The van der Waals surface area contributed by atoms with Gasteiger partial charge < -0.3 is 15.2 Å². The fraction of sp³-hybridized carbons (Fsp3) is 0.467. The topological polar surface area (TPSA) is 110 Å². The molecule has 23 heavy (non-hydrogen) atoms. The monoisotopic (exact) mass is 343 g/mol. The third-order valence-electron chi connectivity index (χ3n) is 2.73. The van der Waals surface area contributed by atoms with Crippen LogP contribution in [0.25, 0.3) is 0 Å². The van der Waals surface area contributed by atoms with Gasteiger partial charge in [0, 0.05) is 0 Å². The molecule has 1 rings (SSSR count). The molecule has 0 bridgehead atoms. The van der Waals surface area contributed by atoms with Crippen molar-refractivity contribution in [2.75, 3.05) is 16.8 Å². The van der Waals surface area contributed by atoms with Gasteiger partial charge in [0.2, 0.25) is 5.91 Å². The van der Waals surface area contributed by atoms with Crippen molar-refractivity contribution in [2.24, 2.45) is 0 Å². The van der Waals surface area contributed by atoms with Gasteiger partial charge in [0.25, 0.3) is 0 Å². The molecule has 1 aromatic carbocycles. The summed E-state index contributed by atoms with van der Waals surface area (Å²) in [6.45, 7) is 5.27. The van der Waals surface area contributed by atoms with Crippen LogP contribution in [0, 0.1) is 0 Å². The Bertz CT molecular complexity index is 681. The van der Waals surface area contributed by atoms with E-state index < -0.39 is 27.5 Å². The van der Waals surface area contributed by atoms with Crippen LogP contribution >= 0.6 is 0 Å². The van der Waals surface area contributed by atoms with Gasteiger partial charge in [-0.2, -0.15) is 0 Å². The zero-order valence-electron chi connectivity index (χ0n) is 13.3. The lowest BCUT2D eigenvalue weighted by atomic mass is 10.2. The molecule has 0 saturated heterocycles. The van der Waals surface area contributed by atoms with Crippen LogP contribution < -0.4 is 10.1 Å². The minimum atomic E-state index is -3.48. The summed E-state index contributed by atoms with van der Waals surface area (Å²) in [5.41, 5.74) is 0.100. The first-order valence-corrected chi connectivity index (χ1v) is 9.01. The van der Waals surface area contributed by atoms with E-state index in [9.17, 15) is 18.0 Å². The number of carboxylic acid groups (broad SMARTS) is 1. The molecule has 0 radical (unpaired) electrons. The molecule has 0 heterocycles. The van der Waals surface area contributed by atoms with Crippen molar-refractivity contribution in [1.29, 1.82) is 0 Å². The number of ether oxygens (including phenoxy) is 1. The highest BCUT2D eigenvalue weighted by Gasteiger charge is 2.18. The maximum atomic E-state index is 11.9. The lowest BCUT2D eigenvalue weighted by Crippen LogP contribution is -2.25. The number of amides is 1. The van der Waals surface area contributed by atoms with Gasteiger partial charge in [-0.05, 0) is 38.5 Å². The first kappa shape index (κ1) is 19.0. The Labute approximate surface area is 135 Å². The molecule has 0 atom stereocenters. The maximum Gasteiger partial charge on any atom is 0.335 e. The Morgan fingerprint density at radius 1 is 1.30 bits per heavy atom. The van der Waals surface area contributed by atoms with Gasteiger partial charge in [0.1, 0.15) is 11.5 Å². The average molecular weight is 343 g/mol. The zero-order chi connectivity index (χ0) is 17.6. The van der Waals surface area contributed by atoms with Gasteiger partial charge in [-0.15, -0.1) is 0 Å². The second-order valence-corrected chi connectivity index (χ2v) is 7.51. The van der Waals surface area contributed by atoms with Crippen LogP contribution in [-0.4, -0.2) is 43.0 Å². The molecular weight excluding hydrogens is 322 g/mol. The van der Waals surface area contributed by atoms with Crippen molar-refractivity contribution < 1.29 is 27.9 Å². The number of rotatable bonds is 8. The SMILES string of the molecule is CCCS(=O)(=O)CC(=O)Nc1cc(C(=O)O)ccc1OC(C)C. The van der Waals surface area contributed by atoms with E-state index in [1.54, 1.807) is 20.8 Å². The third kappa shape index (κ3) is 6.27. The van der Waals surface area contributed by atoms with Gasteiger partial charge in [0.15, 0.2) is 9.84 Å². The zero-order valence-corrected chi connectivity index (χ0v) is 14.1. The molecule has 2 N–H and O–H groups in total. The molecule has 0 aromatic heterocycles. The summed E-state index contributed by atoms with van der Waals surface area (Å²) < 4.78 is 28.9. The molecule has 1 amide bonds. The highest BCUT2D eigenvalue weighted by molar-refractivity contribution is 7.92. The number of hydrogen-bond donors (Lipinski definition) is 2. The van der Waals surface area contributed by atoms with E-state index in [1.165, 1.54) is 18.2 Å². The summed E-state index contributed by atoms with van der Waals surface area (Å²) in [5.74, 6) is -2.33. The second-order valence-electron chi connectivity index (χ2n) is 5.32. The Morgan fingerprint density at radius 3 is 2.48 bits per heavy atom. The van der Waals surface area contributed by atoms with E-state index in [1.807, 2.05) is 0 Å². The highest BCUT2D eigenvalue weighted by atomic mass is 32.2. The molecule has 0 aliphatic carbocycles. The molecule has 0 aliphatic rings. The minimum Gasteiger partial charge on any atom is -0.489 e. The van der Waals surface area contributed by atoms with Crippen LogP contribution in [0.2, 0.25) is 0 Å². The molecular formula is C15H21NO6S. The molecule has 8 heteroatoms. The van der Waals surface area contributed by atoms with Crippen LogP contribution in [0.1, 0.15) is 37.6 Å². The van der Waals surface area contributed by atoms with Crippen molar-refractivity contribution in [3.8, 4) is 5.75 Å². The standard InChI is InChI=1S/C15H21NO6S/c1-4-7-23(20,21)9-14(17)16-12-8-11(15(18)19)5-6-13(12)22-10(2)3/h5-6,8,10H,4,7,9H2,1-3H3,(H,16,17)(H,18,19). The summed E-state index contributed by atoms with van der Waals surface area (Å²) in [6.07, 6.45) is 0.233. The lowest BCUT2D eigenvalue weighted by molar-refractivity contribution is -0.113. The maximum absolute atomic E-state index is 11.9. The van der Waals surface area contributed by atoms with Gasteiger partial charge in [-0.1, -0.05) is 6.92 Å². The average Bonchev–Trinajstić information content (AvgIpc) is 2.38. The first-order valence-electron chi connectivity index (χ1n) is 7.19. The van der Waals surface area contributed by atoms with Crippen LogP contribution in [-0.2, 0) is 14.6 Å². The van der Waals surface area contributed by atoms with Crippen LogP contribution in [0.4, 0.5) is 5.69 Å². The number of aromatic carboxylic acids is 1. The fourth-order valence-corrected chi connectivity index (χ4v) is 3.12. The van der Waals surface area contributed by atoms with Crippen molar-refractivity contribution in [3.63, 3.8) is 0 Å². The summed E-state index contributed by atoms with van der Waals surface area (Å²) >= 11 is 0. The number of carbonyl (C=O) groups is 2. The number of anilines is 1. The molecule has 0 spiro atoms. The van der Waals surface area contributed by atoms with E-state index in [0.29, 0.717) is 6.42 Å². The molecule has 7 nitrogen and oxygen atoms in total. The minimum absolute atomic E-state index is 0.0344. The van der Waals surface area contributed by atoms with Gasteiger partial charge in [0.05, 0.1) is 23.1 Å². The van der Waals surface area contributed by atoms with Crippen molar-refractivity contribution in [2.45, 2.75) is 33.3 Å². The summed E-state index contributed by atoms with van der Waals surface area (Å²) in [7, 11) is -3.48. The largest absolute Gasteiger partial charge is 0.489 e. The second kappa shape index (κ2) is 7.96. The molecule has 0 saturated carbocycles. The smallest absolute Gasteiger partial charge is 0.335 e. The van der Waals surface area contributed by atoms with E-state index >= 15 is 0 Å². The number of carbonyl (C=O) groups excluding carboxylic acids is 1. The molecule has 0 unspecified atom stereocenters. The predicted octanol–water partition coefficient (Wildman–Crippen LogP) is 1.94. The molecule has 128 valence electrons. The van der Waals surface area contributed by atoms with Crippen LogP contribution in [0.5, 0.6) is 5.75 Å². The summed E-state index contributed by atoms with van der Waals surface area (Å²) in [5, 5.41) is 11.4. The Hall–Kier alpha value is -2.09. The van der Waals surface area contributed by atoms with E-state index in [2.05, 4.69) is 5.32 Å². The van der Waals surface area contributed by atoms with Gasteiger partial charge >= 0.3 is 5.97 Å². The van der Waals surface area contributed by atoms with Crippen LogP contribution in [0.15, 0.2) is 18.2 Å². The molecule has 0 fully saturated rings. The van der Waals surface area contributed by atoms with Crippen molar-refractivity contribution in [1.82, 2.24) is 0 Å². The van der Waals surface area contributed by atoms with Crippen molar-refractivity contribution in [3.05, 3.63) is 23.8 Å². The Kier molecular flexibility index (Phi) is 6.56. The number of hydrogen-bond acceptors (Lipinski definition) is 5. The Morgan fingerprint density at radius 2 is 1.96 bits per heavy atom. The van der Waals surface area contributed by atoms with E-state index in [0.717, 1.165) is 0 Å². The van der Waals surface area contributed by atoms with E-state index in [4.69, 9.17) is 9.84 Å². The summed E-state index contributed by atoms with van der Waals surface area (Å²) in [4.78, 5) is 23.0. The number of sulfone groups is 1. The molecule has 1 aromatic rings. The van der Waals surface area contributed by atoms with Gasteiger partial charge in [-0.3, -0.25) is 4.79 Å². The third-order valence-corrected chi connectivity index (χ3v) is 4.46. The summed E-state index contributed by atoms with van der Waals surface area (Å²) in [6, 6.07) is 4.02. The number of benzene rings is 1. The van der Waals surface area contributed by atoms with E-state index in [-0.39, 0.29) is 28.9 Å². The normalized spacial score (nSPS) is 11.3. The first-order chi connectivity index (χ1) is 10.6. The Balaban J connectivity index is 3.01. The number of nitrogens with one attached hydrogen (secondary N) is 1. The molecule has 0 aliphatic heterocycles. The highest BCUT2D eigenvalue weighted by Crippen LogP contribution is 2.27. The van der Waals surface area contributed by atoms with Crippen molar-refractivity contribution >= 4 is 27.4 Å². The predicted molar refractivity (Wildman–Crippen MR) is 86.7 cm³/mol. The fourth-order valence-electron chi connectivity index (χ4n) is 1.89. The quantitative estimate of drug-likeness (QED) is 0.746. The number of carboxylic acids is 1. The lowest BCUT2D eigenvalue weighted by Gasteiger charge is -2.15. The van der Waals surface area contributed by atoms with Crippen LogP contribution in [0.3, 0.4) is 0 Å².